The van der Waals surface area contributed by atoms with Gasteiger partial charge in [0.15, 0.2) is 0 Å². The Morgan fingerprint density at radius 2 is 2.31 bits per heavy atom. The lowest BCUT2D eigenvalue weighted by Gasteiger charge is -2.23. The highest BCUT2D eigenvalue weighted by molar-refractivity contribution is 6.18. The van der Waals surface area contributed by atoms with E-state index in [-0.39, 0.29) is 0 Å². The molecule has 1 atom stereocenters. The van der Waals surface area contributed by atoms with E-state index in [4.69, 9.17) is 16.3 Å². The van der Waals surface area contributed by atoms with Crippen molar-refractivity contribution in [2.75, 3.05) is 38.7 Å². The molecule has 0 aliphatic carbocycles. The molecular weight excluding hydrogens is 186 g/mol. The van der Waals surface area contributed by atoms with Crippen molar-refractivity contribution in [3.8, 4) is 0 Å². The fraction of sp³-hybridized carbons (Fsp3) is 1.00. The van der Waals surface area contributed by atoms with Gasteiger partial charge in [0, 0.05) is 25.6 Å². The van der Waals surface area contributed by atoms with Gasteiger partial charge in [-0.2, -0.15) is 0 Å². The van der Waals surface area contributed by atoms with Gasteiger partial charge in [0.05, 0.1) is 6.61 Å². The van der Waals surface area contributed by atoms with Crippen LogP contribution < -0.4 is 0 Å². The van der Waals surface area contributed by atoms with Crippen molar-refractivity contribution in [2.45, 2.75) is 19.8 Å². The third-order valence-electron chi connectivity index (χ3n) is 2.48. The fourth-order valence-corrected chi connectivity index (χ4v) is 2.06. The first-order chi connectivity index (χ1) is 6.36. The Hall–Kier alpha value is 0.210. The predicted octanol–water partition coefficient (Wildman–Crippen LogP) is 1.97. The van der Waals surface area contributed by atoms with E-state index in [1.807, 2.05) is 0 Å². The second-order valence-corrected chi connectivity index (χ2v) is 4.10. The van der Waals surface area contributed by atoms with Crippen molar-refractivity contribution in [3.63, 3.8) is 0 Å². The van der Waals surface area contributed by atoms with E-state index < -0.39 is 0 Å². The molecule has 1 rings (SSSR count). The lowest BCUT2D eigenvalue weighted by molar-refractivity contribution is 0.169. The van der Waals surface area contributed by atoms with Crippen LogP contribution in [0.1, 0.15) is 19.8 Å². The predicted molar refractivity (Wildman–Crippen MR) is 56.4 cm³/mol. The van der Waals surface area contributed by atoms with Crippen molar-refractivity contribution in [1.82, 2.24) is 4.90 Å². The molecule has 0 aromatic rings. The summed E-state index contributed by atoms with van der Waals surface area (Å²) < 4.78 is 5.35. The summed E-state index contributed by atoms with van der Waals surface area (Å²) in [6.45, 7) is 7.47. The van der Waals surface area contributed by atoms with Gasteiger partial charge in [-0.3, -0.25) is 0 Å². The molecule has 0 bridgehead atoms. The number of rotatable bonds is 6. The van der Waals surface area contributed by atoms with Gasteiger partial charge >= 0.3 is 0 Å². The summed E-state index contributed by atoms with van der Waals surface area (Å²) in [7, 11) is 0. The Bertz CT molecular complexity index is 120. The molecule has 0 amide bonds. The van der Waals surface area contributed by atoms with Crippen LogP contribution in [0.15, 0.2) is 0 Å². The maximum Gasteiger partial charge on any atom is 0.0507 e. The molecule has 13 heavy (non-hydrogen) atoms. The van der Waals surface area contributed by atoms with E-state index >= 15 is 0 Å². The Kier molecular flexibility index (Phi) is 5.76. The van der Waals surface area contributed by atoms with Gasteiger partial charge < -0.3 is 9.64 Å². The minimum absolute atomic E-state index is 0.744. The SMILES string of the molecule is CCCN(CCCl)CC1CCOC1. The molecular formula is C10H20ClNO. The zero-order chi connectivity index (χ0) is 9.52. The van der Waals surface area contributed by atoms with Crippen molar-refractivity contribution in [1.29, 1.82) is 0 Å². The minimum atomic E-state index is 0.744. The topological polar surface area (TPSA) is 12.5 Å². The molecule has 1 saturated heterocycles. The Labute approximate surface area is 86.2 Å². The molecule has 78 valence electrons. The molecule has 1 aliphatic rings. The smallest absolute Gasteiger partial charge is 0.0507 e. The maximum absolute atomic E-state index is 5.74. The number of ether oxygens (including phenoxy) is 1. The monoisotopic (exact) mass is 205 g/mol. The zero-order valence-corrected chi connectivity index (χ0v) is 9.22. The van der Waals surface area contributed by atoms with Crippen LogP contribution in [0.2, 0.25) is 0 Å². The molecule has 1 heterocycles. The third-order valence-corrected chi connectivity index (χ3v) is 2.65. The second kappa shape index (κ2) is 6.63. The fourth-order valence-electron chi connectivity index (χ4n) is 1.82. The first-order valence-corrected chi connectivity index (χ1v) is 5.76. The quantitative estimate of drug-likeness (QED) is 0.615. The van der Waals surface area contributed by atoms with Crippen LogP contribution in [0.5, 0.6) is 0 Å². The second-order valence-electron chi connectivity index (χ2n) is 3.72. The molecule has 1 fully saturated rings. The number of hydrogen-bond donors (Lipinski definition) is 0. The Balaban J connectivity index is 2.19. The maximum atomic E-state index is 5.74. The molecule has 0 radical (unpaired) electrons. The van der Waals surface area contributed by atoms with Gasteiger partial charge in [-0.1, -0.05) is 6.92 Å². The van der Waals surface area contributed by atoms with Crippen LogP contribution in [0, 0.1) is 5.92 Å². The molecule has 0 spiro atoms. The van der Waals surface area contributed by atoms with E-state index in [2.05, 4.69) is 11.8 Å². The van der Waals surface area contributed by atoms with Crippen molar-refractivity contribution in [2.24, 2.45) is 5.92 Å². The van der Waals surface area contributed by atoms with Crippen LogP contribution in [0.3, 0.4) is 0 Å². The highest BCUT2D eigenvalue weighted by Crippen LogP contribution is 2.13. The van der Waals surface area contributed by atoms with Gasteiger partial charge in [-0.25, -0.2) is 0 Å². The van der Waals surface area contributed by atoms with Crippen LogP contribution in [-0.4, -0.2) is 43.6 Å². The minimum Gasteiger partial charge on any atom is -0.381 e. The van der Waals surface area contributed by atoms with Crippen molar-refractivity contribution >= 4 is 11.6 Å². The van der Waals surface area contributed by atoms with Gasteiger partial charge in [0.2, 0.25) is 0 Å². The van der Waals surface area contributed by atoms with Gasteiger partial charge in [0.25, 0.3) is 0 Å². The van der Waals surface area contributed by atoms with E-state index in [0.29, 0.717) is 0 Å². The summed E-state index contributed by atoms with van der Waals surface area (Å²) in [5.41, 5.74) is 0. The van der Waals surface area contributed by atoms with Gasteiger partial charge in [-0.05, 0) is 25.3 Å². The molecule has 1 aliphatic heterocycles. The summed E-state index contributed by atoms with van der Waals surface area (Å²) in [6.07, 6.45) is 2.44. The summed E-state index contributed by atoms with van der Waals surface area (Å²) in [5.74, 6) is 1.49. The van der Waals surface area contributed by atoms with Gasteiger partial charge in [-0.15, -0.1) is 11.6 Å². The highest BCUT2D eigenvalue weighted by Gasteiger charge is 2.18. The average molecular weight is 206 g/mol. The number of alkyl halides is 1. The van der Waals surface area contributed by atoms with Crippen LogP contribution in [-0.2, 0) is 4.74 Å². The largest absolute Gasteiger partial charge is 0.381 e. The highest BCUT2D eigenvalue weighted by atomic mass is 35.5. The average Bonchev–Trinajstić information content (AvgIpc) is 2.58. The van der Waals surface area contributed by atoms with Crippen LogP contribution in [0.25, 0.3) is 0 Å². The van der Waals surface area contributed by atoms with Crippen LogP contribution >= 0.6 is 11.6 Å². The van der Waals surface area contributed by atoms with E-state index in [1.54, 1.807) is 0 Å². The lowest BCUT2D eigenvalue weighted by atomic mass is 10.1. The summed E-state index contributed by atoms with van der Waals surface area (Å²) in [6, 6.07) is 0. The third kappa shape index (κ3) is 4.30. The van der Waals surface area contributed by atoms with Crippen molar-refractivity contribution < 1.29 is 4.74 Å². The zero-order valence-electron chi connectivity index (χ0n) is 8.47. The molecule has 0 aromatic heterocycles. The Morgan fingerprint density at radius 1 is 1.46 bits per heavy atom. The summed E-state index contributed by atoms with van der Waals surface area (Å²) in [5, 5.41) is 0. The van der Waals surface area contributed by atoms with Gasteiger partial charge in [0.1, 0.15) is 0 Å². The normalized spacial score (nSPS) is 22.8. The number of hydrogen-bond acceptors (Lipinski definition) is 2. The first-order valence-electron chi connectivity index (χ1n) is 5.23. The lowest BCUT2D eigenvalue weighted by Crippen LogP contribution is -2.32. The number of halogens is 1. The standard InChI is InChI=1S/C10H20ClNO/c1-2-5-12(6-4-11)8-10-3-7-13-9-10/h10H,2-9H2,1H3. The van der Waals surface area contributed by atoms with Crippen molar-refractivity contribution in [3.05, 3.63) is 0 Å². The summed E-state index contributed by atoms with van der Waals surface area (Å²) >= 11 is 5.74. The van der Waals surface area contributed by atoms with E-state index in [1.165, 1.54) is 25.9 Å². The van der Waals surface area contributed by atoms with E-state index in [9.17, 15) is 0 Å². The first kappa shape index (κ1) is 11.3. The summed E-state index contributed by atoms with van der Waals surface area (Å²) in [4.78, 5) is 2.45. The molecule has 2 nitrogen and oxygen atoms in total. The molecule has 0 aromatic carbocycles. The Morgan fingerprint density at radius 3 is 2.85 bits per heavy atom. The number of nitrogens with zero attached hydrogens (tertiary/aromatic N) is 1. The molecule has 3 heteroatoms. The van der Waals surface area contributed by atoms with Crippen LogP contribution in [0.4, 0.5) is 0 Å². The molecule has 0 saturated carbocycles. The molecule has 1 unspecified atom stereocenters. The molecule has 0 N–H and O–H groups in total. The van der Waals surface area contributed by atoms with E-state index in [0.717, 1.165) is 31.6 Å².